The molecule has 0 unspecified atom stereocenters. The van der Waals surface area contributed by atoms with E-state index in [0.29, 0.717) is 16.1 Å². The Balaban J connectivity index is 1.41. The number of rotatable bonds is 6. The summed E-state index contributed by atoms with van der Waals surface area (Å²) in [5.74, 6) is -0.628. The SMILES string of the molecule is O=C(CSc1nc2sc3c(c2c(=O)n1-c1ccccc1)CCCC3)NN=Cc1ccc(F)cc1. The van der Waals surface area contributed by atoms with Crippen molar-refractivity contribution in [2.75, 3.05) is 5.75 Å². The third-order valence-corrected chi connectivity index (χ3v) is 7.70. The molecule has 172 valence electrons. The molecule has 34 heavy (non-hydrogen) atoms. The second-order valence-corrected chi connectivity index (χ2v) is 9.92. The molecule has 2 heterocycles. The summed E-state index contributed by atoms with van der Waals surface area (Å²) in [5.41, 5.74) is 4.90. The van der Waals surface area contributed by atoms with Gasteiger partial charge in [-0.3, -0.25) is 14.2 Å². The summed E-state index contributed by atoms with van der Waals surface area (Å²) in [5, 5.41) is 5.11. The Kier molecular flexibility index (Phi) is 6.55. The molecule has 0 saturated carbocycles. The molecule has 1 aliphatic carbocycles. The van der Waals surface area contributed by atoms with Gasteiger partial charge in [0.05, 0.1) is 23.0 Å². The van der Waals surface area contributed by atoms with Gasteiger partial charge in [-0.15, -0.1) is 11.3 Å². The van der Waals surface area contributed by atoms with Crippen molar-refractivity contribution in [3.63, 3.8) is 0 Å². The van der Waals surface area contributed by atoms with Crippen LogP contribution < -0.4 is 11.0 Å². The number of halogens is 1. The first-order valence-corrected chi connectivity index (χ1v) is 12.7. The lowest BCUT2D eigenvalue weighted by Gasteiger charge is -2.13. The lowest BCUT2D eigenvalue weighted by molar-refractivity contribution is -0.118. The maximum Gasteiger partial charge on any atom is 0.267 e. The number of thioether (sulfide) groups is 1. The molecule has 0 aliphatic heterocycles. The number of amides is 1. The Morgan fingerprint density at radius 2 is 1.91 bits per heavy atom. The zero-order valence-electron chi connectivity index (χ0n) is 18.2. The van der Waals surface area contributed by atoms with Gasteiger partial charge in [0.25, 0.3) is 11.5 Å². The van der Waals surface area contributed by atoms with Gasteiger partial charge >= 0.3 is 0 Å². The second kappa shape index (κ2) is 9.90. The maximum absolute atomic E-state index is 13.6. The van der Waals surface area contributed by atoms with Crippen LogP contribution in [-0.2, 0) is 17.6 Å². The standard InChI is InChI=1S/C25H21FN4O2S2/c26-17-12-10-16(11-13-17)14-27-29-21(31)15-33-25-28-23-22(19-8-4-5-9-20(19)34-23)24(32)30(25)18-6-2-1-3-7-18/h1-3,6-7,10-14H,4-5,8-9,15H2,(H,29,31). The molecule has 0 bridgehead atoms. The van der Waals surface area contributed by atoms with Gasteiger partial charge in [-0.05, 0) is 61.1 Å². The monoisotopic (exact) mass is 492 g/mol. The number of aryl methyl sites for hydroxylation is 2. The third-order valence-electron chi connectivity index (χ3n) is 5.58. The molecule has 2 aromatic carbocycles. The first-order valence-electron chi connectivity index (χ1n) is 10.9. The Morgan fingerprint density at radius 3 is 2.71 bits per heavy atom. The molecular weight excluding hydrogens is 471 g/mol. The highest BCUT2D eigenvalue weighted by Gasteiger charge is 2.23. The zero-order chi connectivity index (χ0) is 23.5. The highest BCUT2D eigenvalue weighted by molar-refractivity contribution is 7.99. The zero-order valence-corrected chi connectivity index (χ0v) is 19.8. The summed E-state index contributed by atoms with van der Waals surface area (Å²) in [4.78, 5) is 32.8. The third kappa shape index (κ3) is 4.67. The first kappa shape index (κ1) is 22.5. The van der Waals surface area contributed by atoms with E-state index in [2.05, 4.69) is 10.5 Å². The Morgan fingerprint density at radius 1 is 1.15 bits per heavy atom. The van der Waals surface area contributed by atoms with E-state index in [1.165, 1.54) is 35.0 Å². The van der Waals surface area contributed by atoms with E-state index in [-0.39, 0.29) is 23.0 Å². The lowest BCUT2D eigenvalue weighted by atomic mass is 9.97. The van der Waals surface area contributed by atoms with E-state index in [1.54, 1.807) is 28.0 Å². The fourth-order valence-corrected chi connectivity index (χ4v) is 6.09. The summed E-state index contributed by atoms with van der Waals surface area (Å²) < 4.78 is 14.6. The van der Waals surface area contributed by atoms with Crippen molar-refractivity contribution in [3.05, 3.63) is 86.8 Å². The molecule has 9 heteroatoms. The maximum atomic E-state index is 13.6. The summed E-state index contributed by atoms with van der Waals surface area (Å²) in [7, 11) is 0. The van der Waals surface area contributed by atoms with Gasteiger partial charge in [-0.1, -0.05) is 42.1 Å². The van der Waals surface area contributed by atoms with Gasteiger partial charge in [0.1, 0.15) is 10.6 Å². The average molecular weight is 493 g/mol. The first-order chi connectivity index (χ1) is 16.6. The number of benzene rings is 2. The van der Waals surface area contributed by atoms with E-state index in [0.717, 1.165) is 41.8 Å². The van der Waals surface area contributed by atoms with Crippen LogP contribution in [0.1, 0.15) is 28.8 Å². The number of hydrazone groups is 1. The highest BCUT2D eigenvalue weighted by atomic mass is 32.2. The number of thiophene rings is 1. The number of nitrogens with zero attached hydrogens (tertiary/aromatic N) is 3. The minimum atomic E-state index is -0.335. The van der Waals surface area contributed by atoms with Crippen LogP contribution in [0.3, 0.4) is 0 Å². The number of carbonyl (C=O) groups is 1. The molecule has 1 amide bonds. The average Bonchev–Trinajstić information content (AvgIpc) is 3.23. The molecule has 0 saturated heterocycles. The molecule has 2 aromatic heterocycles. The molecule has 6 nitrogen and oxygen atoms in total. The number of nitrogens with one attached hydrogen (secondary N) is 1. The van der Waals surface area contributed by atoms with Gasteiger partial charge in [-0.25, -0.2) is 14.8 Å². The number of hydrogen-bond acceptors (Lipinski definition) is 6. The van der Waals surface area contributed by atoms with Crippen molar-refractivity contribution in [3.8, 4) is 5.69 Å². The summed E-state index contributed by atoms with van der Waals surface area (Å²) in [6.07, 6.45) is 5.55. The topological polar surface area (TPSA) is 76.3 Å². The number of fused-ring (bicyclic) bond motifs is 3. The molecule has 0 fully saturated rings. The Labute approximate surface area is 203 Å². The van der Waals surface area contributed by atoms with Gasteiger partial charge in [-0.2, -0.15) is 5.10 Å². The van der Waals surface area contributed by atoms with Crippen molar-refractivity contribution >= 4 is 45.4 Å². The number of aromatic nitrogens is 2. The van der Waals surface area contributed by atoms with Crippen LogP contribution in [0.15, 0.2) is 69.6 Å². The van der Waals surface area contributed by atoms with E-state index in [1.807, 2.05) is 30.3 Å². The fourth-order valence-electron chi connectivity index (χ4n) is 3.98. The van der Waals surface area contributed by atoms with Crippen molar-refractivity contribution < 1.29 is 9.18 Å². The van der Waals surface area contributed by atoms with Crippen LogP contribution in [-0.4, -0.2) is 27.4 Å². The molecule has 0 atom stereocenters. The normalized spacial score (nSPS) is 13.3. The van der Waals surface area contributed by atoms with Crippen LogP contribution in [0, 0.1) is 5.82 Å². The van der Waals surface area contributed by atoms with Gasteiger partial charge < -0.3 is 0 Å². The van der Waals surface area contributed by atoms with E-state index < -0.39 is 0 Å². The van der Waals surface area contributed by atoms with Crippen molar-refractivity contribution in [2.45, 2.75) is 30.8 Å². The summed E-state index contributed by atoms with van der Waals surface area (Å²) in [6.45, 7) is 0. The molecule has 1 N–H and O–H groups in total. The molecule has 1 aliphatic rings. The molecular formula is C25H21FN4O2S2. The predicted molar refractivity (Wildman–Crippen MR) is 135 cm³/mol. The van der Waals surface area contributed by atoms with Crippen molar-refractivity contribution in [2.24, 2.45) is 5.10 Å². The minimum absolute atomic E-state index is 0.0383. The van der Waals surface area contributed by atoms with Crippen LogP contribution >= 0.6 is 23.1 Å². The fraction of sp³-hybridized carbons (Fsp3) is 0.200. The van der Waals surface area contributed by atoms with Crippen LogP contribution in [0.5, 0.6) is 0 Å². The number of hydrogen-bond donors (Lipinski definition) is 1. The lowest BCUT2D eigenvalue weighted by Crippen LogP contribution is -2.24. The smallest absolute Gasteiger partial charge is 0.267 e. The minimum Gasteiger partial charge on any atom is -0.272 e. The summed E-state index contributed by atoms with van der Waals surface area (Å²) in [6, 6.07) is 15.2. The van der Waals surface area contributed by atoms with Crippen molar-refractivity contribution in [1.29, 1.82) is 0 Å². The van der Waals surface area contributed by atoms with Gasteiger partial charge in [0.2, 0.25) is 0 Å². The highest BCUT2D eigenvalue weighted by Crippen LogP contribution is 2.35. The van der Waals surface area contributed by atoms with Gasteiger partial charge in [0, 0.05) is 4.88 Å². The van der Waals surface area contributed by atoms with E-state index in [9.17, 15) is 14.0 Å². The van der Waals surface area contributed by atoms with Gasteiger partial charge in [0.15, 0.2) is 5.16 Å². The Hall–Kier alpha value is -3.30. The Bertz CT molecular complexity index is 1430. The quantitative estimate of drug-likeness (QED) is 0.183. The van der Waals surface area contributed by atoms with Crippen molar-refractivity contribution in [1.82, 2.24) is 15.0 Å². The van der Waals surface area contributed by atoms with Crippen LogP contribution in [0.2, 0.25) is 0 Å². The number of para-hydroxylation sites is 1. The van der Waals surface area contributed by atoms with E-state index >= 15 is 0 Å². The summed E-state index contributed by atoms with van der Waals surface area (Å²) >= 11 is 2.79. The predicted octanol–water partition coefficient (Wildman–Crippen LogP) is 4.71. The van der Waals surface area contributed by atoms with Crippen LogP contribution in [0.25, 0.3) is 15.9 Å². The van der Waals surface area contributed by atoms with Crippen LogP contribution in [0.4, 0.5) is 4.39 Å². The molecule has 5 rings (SSSR count). The number of carbonyl (C=O) groups excluding carboxylic acids is 1. The molecule has 4 aromatic rings. The largest absolute Gasteiger partial charge is 0.272 e. The second-order valence-electron chi connectivity index (χ2n) is 7.89. The molecule has 0 spiro atoms. The van der Waals surface area contributed by atoms with E-state index in [4.69, 9.17) is 4.98 Å². The molecule has 0 radical (unpaired) electrons.